The normalized spacial score (nSPS) is 27.1. The number of benzene rings is 2. The molecule has 3 atom stereocenters. The standard InChI is InChI=1S/C42H52F3N7O5S/c1-6-41(18-17-35(53)48-37(41)55)29-8-10-30(11-9-29)47-36(54)25-50-26(2)23-49(24-27(50)3)19-20-57-33-15-13-31(14-16-33)52-39(58)51(38(56)40(52,4)5)32-12-7-28(22-46)34(21-32)42(43,44)45/h7-12,21,26-27,31,33H,6,13-20,23-25H2,1-5H3,(H,47,54)(H,48,53,55)/t26-,27+,31-,33-,41-/m1/s1. The second-order valence-corrected chi connectivity index (χ2v) is 16.9. The molecule has 0 bridgehead atoms. The summed E-state index contributed by atoms with van der Waals surface area (Å²) in [5, 5.41) is 14.8. The minimum atomic E-state index is -4.76. The molecule has 2 aromatic carbocycles. The van der Waals surface area contributed by atoms with E-state index in [0.717, 1.165) is 55.1 Å². The monoisotopic (exact) mass is 823 g/mol. The first-order valence-corrected chi connectivity index (χ1v) is 20.4. The molecule has 2 aromatic rings. The van der Waals surface area contributed by atoms with Crippen LogP contribution in [0.1, 0.15) is 96.3 Å². The number of hydrogen-bond donors (Lipinski definition) is 2. The Morgan fingerprint density at radius 1 is 1.03 bits per heavy atom. The maximum atomic E-state index is 13.7. The number of amides is 4. The van der Waals surface area contributed by atoms with Crippen molar-refractivity contribution in [3.05, 3.63) is 59.2 Å². The highest BCUT2D eigenvalue weighted by Gasteiger charge is 2.53. The van der Waals surface area contributed by atoms with Gasteiger partial charge in [-0.3, -0.25) is 39.2 Å². The number of nitrogens with zero attached hydrogens (tertiary/aromatic N) is 5. The molecule has 4 amide bonds. The van der Waals surface area contributed by atoms with Crippen LogP contribution in [0.2, 0.25) is 0 Å². The Labute approximate surface area is 343 Å². The molecular formula is C42H52F3N7O5S. The number of halogens is 3. The molecule has 58 heavy (non-hydrogen) atoms. The summed E-state index contributed by atoms with van der Waals surface area (Å²) in [6.45, 7) is 12.7. The average molecular weight is 824 g/mol. The van der Waals surface area contributed by atoms with Crippen molar-refractivity contribution in [2.75, 3.05) is 43.0 Å². The fourth-order valence-electron chi connectivity index (χ4n) is 9.24. The number of carbonyl (C=O) groups is 4. The molecule has 0 spiro atoms. The van der Waals surface area contributed by atoms with Crippen LogP contribution in [0.4, 0.5) is 24.5 Å². The summed E-state index contributed by atoms with van der Waals surface area (Å²) in [6.07, 6.45) is -0.518. The average Bonchev–Trinajstić information content (AvgIpc) is 3.35. The van der Waals surface area contributed by atoms with E-state index in [1.165, 1.54) is 6.07 Å². The number of imide groups is 1. The van der Waals surface area contributed by atoms with Crippen LogP contribution in [0.5, 0.6) is 0 Å². The van der Waals surface area contributed by atoms with Gasteiger partial charge in [0, 0.05) is 49.9 Å². The van der Waals surface area contributed by atoms with Crippen molar-refractivity contribution in [2.24, 2.45) is 0 Å². The zero-order valence-electron chi connectivity index (χ0n) is 33.7. The van der Waals surface area contributed by atoms with Crippen molar-refractivity contribution in [3.63, 3.8) is 0 Å². The Balaban J connectivity index is 0.950. The van der Waals surface area contributed by atoms with Crippen LogP contribution in [-0.2, 0) is 35.5 Å². The van der Waals surface area contributed by atoms with Crippen LogP contribution in [-0.4, -0.2) is 106 Å². The first-order chi connectivity index (χ1) is 27.4. The summed E-state index contributed by atoms with van der Waals surface area (Å²) in [6, 6.07) is 12.3. The number of hydrogen-bond acceptors (Lipinski definition) is 9. The predicted molar refractivity (Wildman–Crippen MR) is 216 cm³/mol. The number of nitrogens with one attached hydrogen (secondary N) is 2. The van der Waals surface area contributed by atoms with Crippen LogP contribution in [0, 0.1) is 11.3 Å². The molecule has 6 rings (SSSR count). The highest BCUT2D eigenvalue weighted by Crippen LogP contribution is 2.41. The van der Waals surface area contributed by atoms with E-state index in [0.29, 0.717) is 44.4 Å². The van der Waals surface area contributed by atoms with Crippen molar-refractivity contribution in [3.8, 4) is 6.07 Å². The number of alkyl halides is 3. The lowest BCUT2D eigenvalue weighted by Gasteiger charge is -2.44. The third-order valence-electron chi connectivity index (χ3n) is 12.5. The van der Waals surface area contributed by atoms with Gasteiger partial charge in [0.1, 0.15) is 5.54 Å². The van der Waals surface area contributed by atoms with Gasteiger partial charge in [-0.1, -0.05) is 19.1 Å². The van der Waals surface area contributed by atoms with E-state index in [4.69, 9.17) is 17.0 Å². The Bertz CT molecular complexity index is 1950. The summed E-state index contributed by atoms with van der Waals surface area (Å²) < 4.78 is 47.5. The van der Waals surface area contributed by atoms with Gasteiger partial charge in [-0.25, -0.2) is 0 Å². The van der Waals surface area contributed by atoms with E-state index in [2.05, 4.69) is 34.3 Å². The molecule has 1 aliphatic carbocycles. The summed E-state index contributed by atoms with van der Waals surface area (Å²) in [7, 11) is 0. The van der Waals surface area contributed by atoms with E-state index in [-0.39, 0.29) is 59.3 Å². The second-order valence-electron chi connectivity index (χ2n) is 16.6. The third kappa shape index (κ3) is 8.64. The SMILES string of the molecule is CC[C@]1(c2ccc(NC(=O)CN3[C@H](C)CN(CCO[C@H]4CC[C@H](N5C(=S)N(c6ccc(C#N)c(C(F)(F)F)c6)C(=O)C5(C)C)CC4)C[C@@H]3C)cc2)CCC(=O)NC1=O. The lowest BCUT2D eigenvalue weighted by Crippen LogP contribution is -2.58. The summed E-state index contributed by atoms with van der Waals surface area (Å²) in [5.41, 5.74) is -1.99. The van der Waals surface area contributed by atoms with Gasteiger partial charge in [0.25, 0.3) is 5.91 Å². The van der Waals surface area contributed by atoms with Crippen LogP contribution in [0.15, 0.2) is 42.5 Å². The first-order valence-electron chi connectivity index (χ1n) is 20.0. The van der Waals surface area contributed by atoms with Gasteiger partial charge in [-0.15, -0.1) is 0 Å². The quantitative estimate of drug-likeness (QED) is 0.214. The van der Waals surface area contributed by atoms with Crippen molar-refractivity contribution in [2.45, 2.75) is 121 Å². The van der Waals surface area contributed by atoms with Crippen LogP contribution in [0.25, 0.3) is 0 Å². The molecule has 4 fully saturated rings. The van der Waals surface area contributed by atoms with Crippen LogP contribution < -0.4 is 15.5 Å². The highest BCUT2D eigenvalue weighted by molar-refractivity contribution is 7.80. The fourth-order valence-corrected chi connectivity index (χ4v) is 9.80. The molecule has 0 unspecified atom stereocenters. The maximum Gasteiger partial charge on any atom is 0.417 e. The number of thiocarbonyl (C=S) groups is 1. The van der Waals surface area contributed by atoms with Crippen molar-refractivity contribution in [1.82, 2.24) is 20.0 Å². The number of anilines is 2. The Kier molecular flexibility index (Phi) is 12.7. The smallest absolute Gasteiger partial charge is 0.377 e. The lowest BCUT2D eigenvalue weighted by atomic mass is 9.72. The van der Waals surface area contributed by atoms with E-state index >= 15 is 0 Å². The van der Waals surface area contributed by atoms with E-state index in [1.54, 1.807) is 32.0 Å². The first kappa shape index (κ1) is 43.2. The minimum absolute atomic E-state index is 0.0118. The molecule has 4 aliphatic rings. The van der Waals surface area contributed by atoms with Crippen LogP contribution >= 0.6 is 12.2 Å². The number of rotatable bonds is 11. The maximum absolute atomic E-state index is 13.7. The number of piperidine rings is 1. The largest absolute Gasteiger partial charge is 0.417 e. The number of nitriles is 1. The Morgan fingerprint density at radius 2 is 1.69 bits per heavy atom. The summed E-state index contributed by atoms with van der Waals surface area (Å²) >= 11 is 5.74. The predicted octanol–water partition coefficient (Wildman–Crippen LogP) is 5.73. The molecule has 3 aliphatic heterocycles. The van der Waals surface area contributed by atoms with Crippen molar-refractivity contribution >= 4 is 52.3 Å². The Morgan fingerprint density at radius 3 is 2.28 bits per heavy atom. The van der Waals surface area contributed by atoms with Gasteiger partial charge in [0.15, 0.2) is 5.11 Å². The van der Waals surface area contributed by atoms with Crippen molar-refractivity contribution in [1.29, 1.82) is 5.26 Å². The van der Waals surface area contributed by atoms with Gasteiger partial charge in [0.05, 0.1) is 47.6 Å². The molecular weight excluding hydrogens is 772 g/mol. The van der Waals surface area contributed by atoms with Gasteiger partial charge in [0.2, 0.25) is 17.7 Å². The van der Waals surface area contributed by atoms with Gasteiger partial charge in [-0.05, 0) is 114 Å². The molecule has 312 valence electrons. The molecule has 1 saturated carbocycles. The number of ether oxygens (including phenoxy) is 1. The summed E-state index contributed by atoms with van der Waals surface area (Å²) in [4.78, 5) is 58.9. The van der Waals surface area contributed by atoms with Crippen LogP contribution in [0.3, 0.4) is 0 Å². The molecule has 0 aromatic heterocycles. The lowest BCUT2D eigenvalue weighted by molar-refractivity contribution is -0.139. The molecule has 0 radical (unpaired) electrons. The fraction of sp³-hybridized carbons (Fsp3) is 0.571. The second kappa shape index (κ2) is 17.0. The van der Waals surface area contributed by atoms with E-state index < -0.39 is 34.2 Å². The Hall–Kier alpha value is -4.43. The van der Waals surface area contributed by atoms with Gasteiger partial charge < -0.3 is 15.0 Å². The zero-order chi connectivity index (χ0) is 42.2. The summed E-state index contributed by atoms with van der Waals surface area (Å²) in [5.74, 6) is -1.07. The molecule has 3 saturated heterocycles. The topological polar surface area (TPSA) is 138 Å². The van der Waals surface area contributed by atoms with Crippen molar-refractivity contribution < 1.29 is 37.1 Å². The minimum Gasteiger partial charge on any atom is -0.377 e. The van der Waals surface area contributed by atoms with E-state index in [9.17, 15) is 37.6 Å². The van der Waals surface area contributed by atoms with E-state index in [1.807, 2.05) is 24.0 Å². The number of piperazine rings is 1. The molecule has 16 heteroatoms. The number of carbonyl (C=O) groups excluding carboxylic acids is 4. The molecule has 2 N–H and O–H groups in total. The van der Waals surface area contributed by atoms with Gasteiger partial charge in [-0.2, -0.15) is 18.4 Å². The third-order valence-corrected chi connectivity index (χ3v) is 12.9. The van der Waals surface area contributed by atoms with Gasteiger partial charge >= 0.3 is 6.18 Å². The molecule has 3 heterocycles. The molecule has 12 nitrogen and oxygen atoms in total. The highest BCUT2D eigenvalue weighted by atomic mass is 32.1. The zero-order valence-corrected chi connectivity index (χ0v) is 34.5.